The summed E-state index contributed by atoms with van der Waals surface area (Å²) < 4.78 is 21.4. The maximum absolute atomic E-state index is 13.6. The second-order valence-corrected chi connectivity index (χ2v) is 7.41. The molecule has 1 aliphatic carbocycles. The lowest BCUT2D eigenvalue weighted by Gasteiger charge is -2.26. The first-order chi connectivity index (χ1) is 13.5. The largest absolute Gasteiger partial charge is 0.478 e. The third-order valence-corrected chi connectivity index (χ3v) is 5.35. The van der Waals surface area contributed by atoms with Gasteiger partial charge in [-0.1, -0.05) is 31.4 Å². The number of nitrogens with one attached hydrogen (secondary N) is 1. The molecule has 0 aliphatic heterocycles. The standard InChI is InChI=1S/C22H28FN3O2/c1-15-13-18(16(2)26(15)19-9-5-4-6-10-19)14-24-25-22(27)17(3)28-21-12-8-7-11-20(21)23/h7-8,11-14,17,19H,4-6,9-10H2,1-3H3,(H,25,27)/b24-14-/t17-/m1/s1. The van der Waals surface area contributed by atoms with E-state index in [4.69, 9.17) is 4.74 Å². The van der Waals surface area contributed by atoms with Crippen LogP contribution in [-0.4, -0.2) is 22.8 Å². The number of nitrogens with zero attached hydrogens (tertiary/aromatic N) is 2. The van der Waals surface area contributed by atoms with Crippen molar-refractivity contribution in [2.24, 2.45) is 5.10 Å². The van der Waals surface area contributed by atoms with Crippen molar-refractivity contribution < 1.29 is 13.9 Å². The fourth-order valence-corrected chi connectivity index (χ4v) is 3.88. The SMILES string of the molecule is Cc1cc(/C=N\NC(=O)[C@@H](C)Oc2ccccc2F)c(C)n1C1CCCCC1. The molecule has 1 saturated carbocycles. The van der Waals surface area contributed by atoms with E-state index in [1.807, 2.05) is 0 Å². The van der Waals surface area contributed by atoms with Crippen molar-refractivity contribution in [3.05, 3.63) is 53.1 Å². The Morgan fingerprint density at radius 1 is 1.29 bits per heavy atom. The van der Waals surface area contributed by atoms with E-state index in [2.05, 4.69) is 35.0 Å². The summed E-state index contributed by atoms with van der Waals surface area (Å²) in [7, 11) is 0. The van der Waals surface area contributed by atoms with Gasteiger partial charge in [-0.2, -0.15) is 5.10 Å². The van der Waals surface area contributed by atoms with Gasteiger partial charge in [0.25, 0.3) is 5.91 Å². The van der Waals surface area contributed by atoms with Crippen LogP contribution in [0.4, 0.5) is 4.39 Å². The summed E-state index contributed by atoms with van der Waals surface area (Å²) in [5.41, 5.74) is 5.85. The first kappa shape index (κ1) is 20.1. The van der Waals surface area contributed by atoms with Gasteiger partial charge in [0.2, 0.25) is 0 Å². The second-order valence-electron chi connectivity index (χ2n) is 7.41. The molecule has 0 saturated heterocycles. The quantitative estimate of drug-likeness (QED) is 0.580. The molecule has 1 heterocycles. The van der Waals surface area contributed by atoms with Gasteiger partial charge in [0.1, 0.15) is 0 Å². The van der Waals surface area contributed by atoms with Crippen LogP contribution in [0.5, 0.6) is 5.75 Å². The fraction of sp³-hybridized carbons (Fsp3) is 0.455. The van der Waals surface area contributed by atoms with Gasteiger partial charge in [-0.25, -0.2) is 9.82 Å². The smallest absolute Gasteiger partial charge is 0.280 e. The number of carbonyl (C=O) groups excluding carboxylic acids is 1. The first-order valence-corrected chi connectivity index (χ1v) is 9.90. The minimum atomic E-state index is -0.858. The second kappa shape index (κ2) is 9.04. The molecule has 1 aromatic carbocycles. The van der Waals surface area contributed by atoms with Gasteiger partial charge in [-0.3, -0.25) is 4.79 Å². The minimum Gasteiger partial charge on any atom is -0.478 e. The van der Waals surface area contributed by atoms with E-state index < -0.39 is 17.8 Å². The number of hydrogen-bond acceptors (Lipinski definition) is 3. The monoisotopic (exact) mass is 385 g/mol. The molecule has 1 N–H and O–H groups in total. The zero-order chi connectivity index (χ0) is 20.1. The number of aromatic nitrogens is 1. The molecule has 5 nitrogen and oxygen atoms in total. The summed E-state index contributed by atoms with van der Waals surface area (Å²) in [6, 6.07) is 8.66. The van der Waals surface area contributed by atoms with E-state index in [1.54, 1.807) is 25.3 Å². The Bertz CT molecular complexity index is 853. The highest BCUT2D eigenvalue weighted by atomic mass is 19.1. The van der Waals surface area contributed by atoms with Crippen LogP contribution in [0.15, 0.2) is 35.4 Å². The molecule has 0 radical (unpaired) electrons. The lowest BCUT2D eigenvalue weighted by molar-refractivity contribution is -0.127. The highest BCUT2D eigenvalue weighted by Gasteiger charge is 2.20. The topological polar surface area (TPSA) is 55.6 Å². The number of halogens is 1. The molecule has 2 aromatic rings. The molecule has 6 heteroatoms. The van der Waals surface area contributed by atoms with E-state index in [0.29, 0.717) is 6.04 Å². The predicted octanol–water partition coefficient (Wildman–Crippen LogP) is 4.67. The molecule has 150 valence electrons. The summed E-state index contributed by atoms with van der Waals surface area (Å²) in [6.45, 7) is 5.77. The summed E-state index contributed by atoms with van der Waals surface area (Å²) >= 11 is 0. The fourth-order valence-electron chi connectivity index (χ4n) is 3.88. The Morgan fingerprint density at radius 2 is 2.00 bits per heavy atom. The van der Waals surface area contributed by atoms with Crippen LogP contribution in [0.1, 0.15) is 62.0 Å². The van der Waals surface area contributed by atoms with Crippen LogP contribution in [0.2, 0.25) is 0 Å². The van der Waals surface area contributed by atoms with Gasteiger partial charge in [0.05, 0.1) is 6.21 Å². The predicted molar refractivity (Wildman–Crippen MR) is 108 cm³/mol. The average molecular weight is 385 g/mol. The molecule has 3 rings (SSSR count). The van der Waals surface area contributed by atoms with Crippen molar-refractivity contribution in [1.82, 2.24) is 9.99 Å². The summed E-state index contributed by atoms with van der Waals surface area (Å²) in [5, 5.41) is 4.08. The first-order valence-electron chi connectivity index (χ1n) is 9.90. The third-order valence-electron chi connectivity index (χ3n) is 5.35. The number of hydrazone groups is 1. The Hall–Kier alpha value is -2.63. The van der Waals surface area contributed by atoms with Gasteiger partial charge in [0, 0.05) is 23.0 Å². The highest BCUT2D eigenvalue weighted by molar-refractivity contribution is 5.85. The maximum Gasteiger partial charge on any atom is 0.280 e. The molecule has 1 aromatic heterocycles. The molecule has 0 unspecified atom stereocenters. The summed E-state index contributed by atoms with van der Waals surface area (Å²) in [6.07, 6.45) is 7.12. The van der Waals surface area contributed by atoms with Crippen molar-refractivity contribution >= 4 is 12.1 Å². The molecular weight excluding hydrogens is 357 g/mol. The molecule has 0 spiro atoms. The Morgan fingerprint density at radius 3 is 2.71 bits per heavy atom. The lowest BCUT2D eigenvalue weighted by Crippen LogP contribution is -2.33. The van der Waals surface area contributed by atoms with Crippen LogP contribution in [0, 0.1) is 19.7 Å². The zero-order valence-electron chi connectivity index (χ0n) is 16.7. The number of rotatable bonds is 6. The molecular formula is C22H28FN3O2. The highest BCUT2D eigenvalue weighted by Crippen LogP contribution is 2.31. The van der Waals surface area contributed by atoms with Crippen molar-refractivity contribution in [2.45, 2.75) is 65.0 Å². The molecule has 1 aliphatic rings. The van der Waals surface area contributed by atoms with Crippen LogP contribution >= 0.6 is 0 Å². The number of ether oxygens (including phenoxy) is 1. The van der Waals surface area contributed by atoms with E-state index in [0.717, 1.165) is 11.3 Å². The zero-order valence-corrected chi connectivity index (χ0v) is 16.7. The number of para-hydroxylation sites is 1. The summed E-state index contributed by atoms with van der Waals surface area (Å²) in [5.74, 6) is -0.883. The number of hydrogen-bond donors (Lipinski definition) is 1. The molecule has 28 heavy (non-hydrogen) atoms. The van der Waals surface area contributed by atoms with Crippen molar-refractivity contribution in [1.29, 1.82) is 0 Å². The van der Waals surface area contributed by atoms with Gasteiger partial charge in [-0.15, -0.1) is 0 Å². The van der Waals surface area contributed by atoms with Crippen LogP contribution in [-0.2, 0) is 4.79 Å². The molecule has 1 fully saturated rings. The number of aryl methyl sites for hydroxylation is 1. The Labute approximate surface area is 165 Å². The van der Waals surface area contributed by atoms with Gasteiger partial charge < -0.3 is 9.30 Å². The van der Waals surface area contributed by atoms with Gasteiger partial charge in [-0.05, 0) is 51.8 Å². The Kier molecular flexibility index (Phi) is 6.49. The minimum absolute atomic E-state index is 0.0464. The average Bonchev–Trinajstić information content (AvgIpc) is 2.97. The third kappa shape index (κ3) is 4.61. The van der Waals surface area contributed by atoms with Gasteiger partial charge >= 0.3 is 0 Å². The van der Waals surface area contributed by atoms with Crippen LogP contribution in [0.25, 0.3) is 0 Å². The molecule has 1 atom stereocenters. The lowest BCUT2D eigenvalue weighted by atomic mass is 9.95. The maximum atomic E-state index is 13.6. The Balaban J connectivity index is 1.61. The molecule has 0 bridgehead atoms. The number of amides is 1. The number of carbonyl (C=O) groups is 1. The van der Waals surface area contributed by atoms with E-state index in [9.17, 15) is 9.18 Å². The summed E-state index contributed by atoms with van der Waals surface area (Å²) in [4.78, 5) is 12.2. The van der Waals surface area contributed by atoms with Crippen molar-refractivity contribution in [3.8, 4) is 5.75 Å². The van der Waals surface area contributed by atoms with Crippen molar-refractivity contribution in [2.75, 3.05) is 0 Å². The molecule has 1 amide bonds. The van der Waals surface area contributed by atoms with Gasteiger partial charge in [0.15, 0.2) is 17.7 Å². The number of benzene rings is 1. The normalized spacial score (nSPS) is 16.3. The van der Waals surface area contributed by atoms with E-state index >= 15 is 0 Å². The van der Waals surface area contributed by atoms with E-state index in [-0.39, 0.29) is 5.75 Å². The van der Waals surface area contributed by atoms with E-state index in [1.165, 1.54) is 49.9 Å². The van der Waals surface area contributed by atoms with Crippen LogP contribution in [0.3, 0.4) is 0 Å². The van der Waals surface area contributed by atoms with Crippen molar-refractivity contribution in [3.63, 3.8) is 0 Å². The van der Waals surface area contributed by atoms with Crippen LogP contribution < -0.4 is 10.2 Å².